The molecule has 7 nitrogen and oxygen atoms in total. The van der Waals surface area contributed by atoms with Gasteiger partial charge >= 0.3 is 0 Å². The zero-order chi connectivity index (χ0) is 14.6. The fraction of sp³-hybridized carbons (Fsp3) is 0.583. The van der Waals surface area contributed by atoms with Gasteiger partial charge in [0.05, 0.1) is 0 Å². The molecule has 106 valence electrons. The molecule has 0 aliphatic heterocycles. The first-order valence-electron chi connectivity index (χ1n) is 6.24. The Balaban J connectivity index is 2.93. The third-order valence-electron chi connectivity index (χ3n) is 2.97. The van der Waals surface area contributed by atoms with Crippen molar-refractivity contribution in [2.75, 3.05) is 24.3 Å². The van der Waals surface area contributed by atoms with Crippen molar-refractivity contribution in [3.63, 3.8) is 0 Å². The molecule has 19 heavy (non-hydrogen) atoms. The smallest absolute Gasteiger partial charge is 0.244 e. The van der Waals surface area contributed by atoms with Crippen LogP contribution in [0.3, 0.4) is 0 Å². The van der Waals surface area contributed by atoms with E-state index < -0.39 is 0 Å². The fourth-order valence-electron chi connectivity index (χ4n) is 1.66. The molecule has 1 amide bonds. The number of nitrogens with zero attached hydrogens (tertiary/aromatic N) is 3. The predicted molar refractivity (Wildman–Crippen MR) is 75.7 cm³/mol. The summed E-state index contributed by atoms with van der Waals surface area (Å²) in [4.78, 5) is 22.1. The van der Waals surface area contributed by atoms with E-state index in [0.29, 0.717) is 24.0 Å². The number of carbonyl (C=O) groups excluding carboxylic acids is 1. The number of rotatable bonds is 5. The topological polar surface area (TPSA) is 96.2 Å². The Kier molecular flexibility index (Phi) is 5.05. The number of nitrogens with two attached hydrogens (primary N) is 1. The maximum absolute atomic E-state index is 12.0. The summed E-state index contributed by atoms with van der Waals surface area (Å²) in [5.74, 6) is 7.18. The number of nitrogen functional groups attached to an aromatic ring is 1. The summed E-state index contributed by atoms with van der Waals surface area (Å²) in [6.07, 6.45) is 0. The number of carbonyl (C=O) groups is 1. The highest BCUT2D eigenvalue weighted by Gasteiger charge is 2.18. The predicted octanol–water partition coefficient (Wildman–Crippen LogP) is 0.658. The van der Waals surface area contributed by atoms with Crippen LogP contribution in [0.25, 0.3) is 0 Å². The van der Waals surface area contributed by atoms with Crippen molar-refractivity contribution < 1.29 is 4.79 Å². The zero-order valence-electron chi connectivity index (χ0n) is 12.1. The Morgan fingerprint density at radius 2 is 1.95 bits per heavy atom. The number of hydrogen-bond acceptors (Lipinski definition) is 6. The van der Waals surface area contributed by atoms with Crippen LogP contribution in [0.15, 0.2) is 0 Å². The van der Waals surface area contributed by atoms with Gasteiger partial charge in [-0.3, -0.25) is 4.79 Å². The molecular weight excluding hydrogens is 244 g/mol. The second kappa shape index (κ2) is 6.33. The van der Waals surface area contributed by atoms with Gasteiger partial charge in [0, 0.05) is 19.2 Å². The van der Waals surface area contributed by atoms with Crippen molar-refractivity contribution in [3.05, 3.63) is 11.4 Å². The minimum atomic E-state index is -0.358. The SMILES string of the molecule is CCN(C)C(=O)C(C)Nc1nc(C)nc(NN)c1C. The van der Waals surface area contributed by atoms with Crippen LogP contribution in [0.2, 0.25) is 0 Å². The van der Waals surface area contributed by atoms with Crippen LogP contribution in [0.4, 0.5) is 11.6 Å². The normalized spacial score (nSPS) is 11.9. The van der Waals surface area contributed by atoms with Crippen molar-refractivity contribution in [2.45, 2.75) is 33.7 Å². The Morgan fingerprint density at radius 1 is 1.37 bits per heavy atom. The lowest BCUT2D eigenvalue weighted by atomic mass is 10.2. The number of hydrazine groups is 1. The van der Waals surface area contributed by atoms with Crippen LogP contribution in [-0.4, -0.2) is 40.4 Å². The lowest BCUT2D eigenvalue weighted by Crippen LogP contribution is -2.39. The number of aromatic nitrogens is 2. The fourth-order valence-corrected chi connectivity index (χ4v) is 1.66. The van der Waals surface area contributed by atoms with Gasteiger partial charge in [0.1, 0.15) is 23.5 Å². The van der Waals surface area contributed by atoms with E-state index in [1.54, 1.807) is 25.8 Å². The molecule has 1 heterocycles. The summed E-state index contributed by atoms with van der Waals surface area (Å²) in [5.41, 5.74) is 3.31. The molecule has 0 saturated heterocycles. The molecule has 0 bridgehead atoms. The molecule has 1 aromatic heterocycles. The van der Waals surface area contributed by atoms with Gasteiger partial charge in [0.25, 0.3) is 0 Å². The molecule has 0 spiro atoms. The van der Waals surface area contributed by atoms with Crippen molar-refractivity contribution in [2.24, 2.45) is 5.84 Å². The van der Waals surface area contributed by atoms with Gasteiger partial charge in [-0.1, -0.05) is 0 Å². The van der Waals surface area contributed by atoms with Crippen LogP contribution in [0.5, 0.6) is 0 Å². The maximum atomic E-state index is 12.0. The average Bonchev–Trinajstić information content (AvgIpc) is 2.40. The molecule has 4 N–H and O–H groups in total. The lowest BCUT2D eigenvalue weighted by Gasteiger charge is -2.22. The second-order valence-corrected chi connectivity index (χ2v) is 4.46. The summed E-state index contributed by atoms with van der Waals surface area (Å²) >= 11 is 0. The highest BCUT2D eigenvalue weighted by atomic mass is 16.2. The first-order chi connectivity index (χ1) is 8.90. The maximum Gasteiger partial charge on any atom is 0.244 e. The van der Waals surface area contributed by atoms with Gasteiger partial charge in [-0.05, 0) is 27.7 Å². The minimum absolute atomic E-state index is 0.0143. The molecular formula is C12H22N6O. The Bertz CT molecular complexity index is 462. The van der Waals surface area contributed by atoms with E-state index in [-0.39, 0.29) is 11.9 Å². The number of nitrogens with one attached hydrogen (secondary N) is 2. The Morgan fingerprint density at radius 3 is 2.47 bits per heavy atom. The quantitative estimate of drug-likeness (QED) is 0.535. The number of amides is 1. The summed E-state index contributed by atoms with van der Waals surface area (Å²) in [6, 6.07) is -0.358. The summed E-state index contributed by atoms with van der Waals surface area (Å²) < 4.78 is 0. The molecule has 1 rings (SSSR count). The van der Waals surface area contributed by atoms with Crippen molar-refractivity contribution in [1.29, 1.82) is 0 Å². The third-order valence-corrected chi connectivity index (χ3v) is 2.97. The van der Waals surface area contributed by atoms with Gasteiger partial charge < -0.3 is 15.6 Å². The minimum Gasteiger partial charge on any atom is -0.358 e. The van der Waals surface area contributed by atoms with E-state index in [2.05, 4.69) is 20.7 Å². The van der Waals surface area contributed by atoms with E-state index in [0.717, 1.165) is 5.56 Å². The van der Waals surface area contributed by atoms with Gasteiger partial charge in [-0.2, -0.15) is 0 Å². The standard InChI is InChI=1S/C12H22N6O/c1-6-18(5)12(19)8(3)14-10-7(2)11(17-13)16-9(4)15-10/h8H,6,13H2,1-5H3,(H2,14,15,16,17). The van der Waals surface area contributed by atoms with Gasteiger partial charge in [-0.25, -0.2) is 15.8 Å². The highest BCUT2D eigenvalue weighted by Crippen LogP contribution is 2.19. The van der Waals surface area contributed by atoms with E-state index in [9.17, 15) is 4.79 Å². The first kappa shape index (κ1) is 15.2. The molecule has 1 aromatic rings. The van der Waals surface area contributed by atoms with E-state index in [1.165, 1.54) is 0 Å². The molecule has 0 radical (unpaired) electrons. The third kappa shape index (κ3) is 3.54. The van der Waals surface area contributed by atoms with Crippen LogP contribution in [0.1, 0.15) is 25.2 Å². The van der Waals surface area contributed by atoms with Crippen molar-refractivity contribution in [1.82, 2.24) is 14.9 Å². The van der Waals surface area contributed by atoms with Gasteiger partial charge in [0.15, 0.2) is 0 Å². The van der Waals surface area contributed by atoms with Gasteiger partial charge in [0.2, 0.25) is 5.91 Å². The van der Waals surface area contributed by atoms with Crippen molar-refractivity contribution in [3.8, 4) is 0 Å². The lowest BCUT2D eigenvalue weighted by molar-refractivity contribution is -0.130. The largest absolute Gasteiger partial charge is 0.358 e. The highest BCUT2D eigenvalue weighted by molar-refractivity contribution is 5.84. The van der Waals surface area contributed by atoms with Crippen LogP contribution in [0, 0.1) is 13.8 Å². The van der Waals surface area contributed by atoms with E-state index in [4.69, 9.17) is 5.84 Å². The summed E-state index contributed by atoms with van der Waals surface area (Å²) in [7, 11) is 1.77. The van der Waals surface area contributed by atoms with Crippen molar-refractivity contribution >= 4 is 17.5 Å². The summed E-state index contributed by atoms with van der Waals surface area (Å²) in [5, 5.41) is 3.10. The first-order valence-corrected chi connectivity index (χ1v) is 6.24. The number of hydrogen-bond donors (Lipinski definition) is 3. The number of likely N-dealkylation sites (N-methyl/N-ethyl adjacent to an activating group) is 1. The van der Waals surface area contributed by atoms with E-state index in [1.807, 2.05) is 13.8 Å². The second-order valence-electron chi connectivity index (χ2n) is 4.46. The van der Waals surface area contributed by atoms with E-state index >= 15 is 0 Å². The molecule has 0 aliphatic rings. The summed E-state index contributed by atoms with van der Waals surface area (Å²) in [6.45, 7) is 8.03. The molecule has 0 fully saturated rings. The number of aryl methyl sites for hydroxylation is 1. The van der Waals surface area contributed by atoms with Crippen LogP contribution >= 0.6 is 0 Å². The molecule has 0 aromatic carbocycles. The average molecular weight is 266 g/mol. The molecule has 0 aliphatic carbocycles. The van der Waals surface area contributed by atoms with Crippen LogP contribution in [-0.2, 0) is 4.79 Å². The van der Waals surface area contributed by atoms with Gasteiger partial charge in [-0.15, -0.1) is 0 Å². The molecule has 0 saturated carbocycles. The Labute approximate surface area is 113 Å². The zero-order valence-corrected chi connectivity index (χ0v) is 12.1. The van der Waals surface area contributed by atoms with Crippen LogP contribution < -0.4 is 16.6 Å². The monoisotopic (exact) mass is 266 g/mol. The molecule has 7 heteroatoms. The Hall–Kier alpha value is -1.89. The number of anilines is 2. The molecule has 1 atom stereocenters. The molecule has 1 unspecified atom stereocenters.